The predicted octanol–water partition coefficient (Wildman–Crippen LogP) is 0.709. The highest BCUT2D eigenvalue weighted by Gasteiger charge is 2.33. The van der Waals surface area contributed by atoms with Crippen molar-refractivity contribution in [2.45, 2.75) is 24.3 Å². The van der Waals surface area contributed by atoms with E-state index in [0.29, 0.717) is 24.8 Å². The number of hydrogen-bond acceptors (Lipinski definition) is 5. The highest BCUT2D eigenvalue weighted by molar-refractivity contribution is 7.89. The van der Waals surface area contributed by atoms with Crippen molar-refractivity contribution in [3.8, 4) is 0 Å². The number of anilines is 1. The Morgan fingerprint density at radius 1 is 1.47 bits per heavy atom. The Balaban J connectivity index is 2.23. The fourth-order valence-corrected chi connectivity index (χ4v) is 3.64. The number of hydrogen-bond donors (Lipinski definition) is 1. The van der Waals surface area contributed by atoms with Crippen molar-refractivity contribution in [2.24, 2.45) is 5.92 Å². The number of sulfonamides is 1. The number of piperidine rings is 1. The summed E-state index contributed by atoms with van der Waals surface area (Å²) in [4.78, 5) is 4.01. The Morgan fingerprint density at radius 2 is 2.21 bits per heavy atom. The van der Waals surface area contributed by atoms with Crippen LogP contribution in [0.2, 0.25) is 0 Å². The van der Waals surface area contributed by atoms with Crippen LogP contribution in [0.25, 0.3) is 0 Å². The van der Waals surface area contributed by atoms with Crippen LogP contribution in [-0.2, 0) is 14.8 Å². The van der Waals surface area contributed by atoms with E-state index in [-0.39, 0.29) is 11.0 Å². The minimum atomic E-state index is -3.51. The van der Waals surface area contributed by atoms with Crippen LogP contribution in [0.5, 0.6) is 0 Å². The number of aromatic nitrogens is 1. The maximum Gasteiger partial charge on any atom is 0.244 e. The van der Waals surface area contributed by atoms with Crippen molar-refractivity contribution in [1.29, 1.82) is 0 Å². The van der Waals surface area contributed by atoms with E-state index in [1.54, 1.807) is 7.11 Å². The van der Waals surface area contributed by atoms with Gasteiger partial charge in [-0.3, -0.25) is 0 Å². The summed E-state index contributed by atoms with van der Waals surface area (Å²) < 4.78 is 31.7. The van der Waals surface area contributed by atoms with Gasteiger partial charge < -0.3 is 10.5 Å². The number of ether oxygens (including phenoxy) is 1. The summed E-state index contributed by atoms with van der Waals surface area (Å²) in [7, 11) is -1.90. The van der Waals surface area contributed by atoms with Gasteiger partial charge in [0.1, 0.15) is 10.7 Å². The molecule has 106 valence electrons. The van der Waals surface area contributed by atoms with E-state index in [1.807, 2.05) is 0 Å². The Labute approximate surface area is 113 Å². The molecule has 6 nitrogen and oxygen atoms in total. The minimum absolute atomic E-state index is 0.0646. The first kappa shape index (κ1) is 14.2. The summed E-state index contributed by atoms with van der Waals surface area (Å²) in [5, 5.41) is 0. The molecule has 19 heavy (non-hydrogen) atoms. The smallest absolute Gasteiger partial charge is 0.244 e. The molecule has 0 aromatic carbocycles. The summed E-state index contributed by atoms with van der Waals surface area (Å²) >= 11 is 0. The van der Waals surface area contributed by atoms with Crippen LogP contribution in [0, 0.1) is 5.92 Å². The van der Waals surface area contributed by atoms with Gasteiger partial charge in [-0.1, -0.05) is 6.92 Å². The van der Waals surface area contributed by atoms with E-state index in [0.717, 1.165) is 6.42 Å². The molecular formula is C12H19N3O3S. The Hall–Kier alpha value is -1.18. The van der Waals surface area contributed by atoms with Gasteiger partial charge in [-0.2, -0.15) is 4.31 Å². The lowest BCUT2D eigenvalue weighted by Crippen LogP contribution is -2.46. The van der Waals surface area contributed by atoms with E-state index in [2.05, 4.69) is 11.9 Å². The molecule has 1 saturated heterocycles. The van der Waals surface area contributed by atoms with Gasteiger partial charge >= 0.3 is 0 Å². The Bertz CT molecular complexity index is 530. The normalized spacial score (nSPS) is 25.4. The molecule has 1 aliphatic heterocycles. The average Bonchev–Trinajstić information content (AvgIpc) is 2.39. The molecular weight excluding hydrogens is 266 g/mol. The lowest BCUT2D eigenvalue weighted by Gasteiger charge is -2.35. The van der Waals surface area contributed by atoms with E-state index in [1.165, 1.54) is 22.6 Å². The first-order valence-corrected chi connectivity index (χ1v) is 7.63. The second-order valence-corrected chi connectivity index (χ2v) is 6.76. The second-order valence-electron chi connectivity index (χ2n) is 4.82. The van der Waals surface area contributed by atoms with Crippen LogP contribution in [0.4, 0.5) is 5.82 Å². The van der Waals surface area contributed by atoms with E-state index < -0.39 is 10.0 Å². The van der Waals surface area contributed by atoms with Crippen molar-refractivity contribution in [3.05, 3.63) is 18.3 Å². The lowest BCUT2D eigenvalue weighted by atomic mass is 9.97. The molecule has 1 fully saturated rings. The van der Waals surface area contributed by atoms with Gasteiger partial charge in [-0.25, -0.2) is 13.4 Å². The standard InChI is InChI=1S/C12H19N3O3S/c1-9-5-6-15(8-11(9)18-2)19(16,17)10-3-4-12(13)14-7-10/h3-4,7,9,11H,5-6,8H2,1-2H3,(H2,13,14). The highest BCUT2D eigenvalue weighted by Crippen LogP contribution is 2.25. The summed E-state index contributed by atoms with van der Waals surface area (Å²) in [6, 6.07) is 2.98. The third kappa shape index (κ3) is 2.88. The van der Waals surface area contributed by atoms with Gasteiger partial charge in [0.2, 0.25) is 10.0 Å². The Morgan fingerprint density at radius 3 is 2.79 bits per heavy atom. The molecule has 2 heterocycles. The van der Waals surface area contributed by atoms with Crippen molar-refractivity contribution in [2.75, 3.05) is 25.9 Å². The molecule has 1 aromatic heterocycles. The molecule has 7 heteroatoms. The van der Waals surface area contributed by atoms with Gasteiger partial charge in [-0.05, 0) is 24.5 Å². The van der Waals surface area contributed by atoms with E-state index >= 15 is 0 Å². The van der Waals surface area contributed by atoms with Gasteiger partial charge in [0.25, 0.3) is 0 Å². The largest absolute Gasteiger partial charge is 0.384 e. The van der Waals surface area contributed by atoms with E-state index in [4.69, 9.17) is 10.5 Å². The fraction of sp³-hybridized carbons (Fsp3) is 0.583. The summed E-state index contributed by atoms with van der Waals surface area (Å²) in [6.07, 6.45) is 2.02. The van der Waals surface area contributed by atoms with Crippen LogP contribution < -0.4 is 5.73 Å². The minimum Gasteiger partial charge on any atom is -0.384 e. The third-order valence-corrected chi connectivity index (χ3v) is 5.40. The lowest BCUT2D eigenvalue weighted by molar-refractivity contribution is 0.0184. The predicted molar refractivity (Wildman–Crippen MR) is 72.0 cm³/mol. The van der Waals surface area contributed by atoms with Crippen molar-refractivity contribution < 1.29 is 13.2 Å². The molecule has 2 unspecified atom stereocenters. The summed E-state index contributed by atoms with van der Waals surface area (Å²) in [5.74, 6) is 0.668. The number of nitrogens with two attached hydrogens (primary N) is 1. The summed E-state index contributed by atoms with van der Waals surface area (Å²) in [5.41, 5.74) is 5.47. The molecule has 1 aliphatic rings. The SMILES string of the molecule is COC1CN(S(=O)(=O)c2ccc(N)nc2)CCC1C. The highest BCUT2D eigenvalue weighted by atomic mass is 32.2. The molecule has 0 spiro atoms. The number of nitrogen functional groups attached to an aromatic ring is 1. The van der Waals surface area contributed by atoms with Gasteiger partial charge in [0.05, 0.1) is 6.10 Å². The van der Waals surface area contributed by atoms with Crippen molar-refractivity contribution in [1.82, 2.24) is 9.29 Å². The Kier molecular flexibility index (Phi) is 4.07. The van der Waals surface area contributed by atoms with Crippen LogP contribution >= 0.6 is 0 Å². The summed E-state index contributed by atoms with van der Waals surface area (Å²) in [6.45, 7) is 2.96. The zero-order valence-electron chi connectivity index (χ0n) is 11.1. The van der Waals surface area contributed by atoms with Gasteiger partial charge in [0, 0.05) is 26.4 Å². The molecule has 0 bridgehead atoms. The molecule has 0 saturated carbocycles. The van der Waals surface area contributed by atoms with Gasteiger partial charge in [-0.15, -0.1) is 0 Å². The maximum absolute atomic E-state index is 12.5. The fourth-order valence-electron chi connectivity index (χ4n) is 2.22. The first-order chi connectivity index (χ1) is 8.95. The monoisotopic (exact) mass is 285 g/mol. The molecule has 2 atom stereocenters. The number of rotatable bonds is 3. The van der Waals surface area contributed by atoms with Crippen LogP contribution in [0.3, 0.4) is 0 Å². The molecule has 0 radical (unpaired) electrons. The second kappa shape index (κ2) is 5.44. The van der Waals surface area contributed by atoms with Crippen LogP contribution in [-0.4, -0.2) is 44.0 Å². The van der Waals surface area contributed by atoms with Crippen molar-refractivity contribution in [3.63, 3.8) is 0 Å². The topological polar surface area (TPSA) is 85.5 Å². The number of nitrogens with zero attached hydrogens (tertiary/aromatic N) is 2. The molecule has 2 N–H and O–H groups in total. The number of pyridine rings is 1. The zero-order chi connectivity index (χ0) is 14.0. The van der Waals surface area contributed by atoms with Crippen LogP contribution in [0.15, 0.2) is 23.2 Å². The first-order valence-electron chi connectivity index (χ1n) is 6.19. The van der Waals surface area contributed by atoms with E-state index in [9.17, 15) is 8.42 Å². The molecule has 0 aliphatic carbocycles. The third-order valence-electron chi connectivity index (χ3n) is 3.55. The molecule has 0 amide bonds. The maximum atomic E-state index is 12.5. The van der Waals surface area contributed by atoms with Crippen molar-refractivity contribution >= 4 is 15.8 Å². The zero-order valence-corrected chi connectivity index (χ0v) is 11.9. The molecule has 2 rings (SSSR count). The van der Waals surface area contributed by atoms with Gasteiger partial charge in [0.15, 0.2) is 0 Å². The quantitative estimate of drug-likeness (QED) is 0.884. The average molecular weight is 285 g/mol. The number of methoxy groups -OCH3 is 1. The molecule has 1 aromatic rings. The van der Waals surface area contributed by atoms with Crippen LogP contribution in [0.1, 0.15) is 13.3 Å².